The summed E-state index contributed by atoms with van der Waals surface area (Å²) in [5.41, 5.74) is 1.05. The lowest BCUT2D eigenvalue weighted by molar-refractivity contribution is 0.398. The van der Waals surface area contributed by atoms with E-state index in [1.807, 2.05) is 12.1 Å². The van der Waals surface area contributed by atoms with E-state index in [1.54, 1.807) is 13.3 Å². The van der Waals surface area contributed by atoms with Crippen LogP contribution in [0.3, 0.4) is 0 Å². The number of aromatic nitrogens is 1. The van der Waals surface area contributed by atoms with E-state index in [0.717, 1.165) is 18.8 Å². The Morgan fingerprint density at radius 3 is 3.13 bits per heavy atom. The summed E-state index contributed by atoms with van der Waals surface area (Å²) in [4.78, 5) is 4.14. The maximum atomic E-state index is 5.00. The molecule has 0 aliphatic carbocycles. The molecule has 82 valence electrons. The van der Waals surface area contributed by atoms with Gasteiger partial charge in [-0.1, -0.05) is 0 Å². The topological polar surface area (TPSA) is 46.2 Å². The number of pyridine rings is 1. The SMILES string of the molecule is COc1ccc(NCC2CCCN2)cn1. The minimum atomic E-state index is 0.604. The third-order valence-corrected chi connectivity index (χ3v) is 2.66. The predicted molar refractivity (Wildman–Crippen MR) is 60.3 cm³/mol. The number of ether oxygens (including phenoxy) is 1. The maximum absolute atomic E-state index is 5.00. The lowest BCUT2D eigenvalue weighted by Gasteiger charge is -2.12. The van der Waals surface area contributed by atoms with Gasteiger partial charge in [0.2, 0.25) is 5.88 Å². The van der Waals surface area contributed by atoms with Gasteiger partial charge in [-0.3, -0.25) is 0 Å². The Hall–Kier alpha value is -1.29. The zero-order chi connectivity index (χ0) is 10.5. The van der Waals surface area contributed by atoms with Crippen LogP contribution in [0, 0.1) is 0 Å². The van der Waals surface area contributed by atoms with E-state index >= 15 is 0 Å². The van der Waals surface area contributed by atoms with Crippen molar-refractivity contribution in [2.24, 2.45) is 0 Å². The van der Waals surface area contributed by atoms with E-state index in [9.17, 15) is 0 Å². The Labute approximate surface area is 90.0 Å². The first-order chi connectivity index (χ1) is 7.38. The summed E-state index contributed by atoms with van der Waals surface area (Å²) in [6.45, 7) is 2.11. The molecule has 0 saturated carbocycles. The molecule has 0 spiro atoms. The number of hydrogen-bond acceptors (Lipinski definition) is 4. The molecule has 4 heteroatoms. The molecule has 15 heavy (non-hydrogen) atoms. The average molecular weight is 207 g/mol. The Balaban J connectivity index is 1.82. The van der Waals surface area contributed by atoms with Gasteiger partial charge in [-0.15, -0.1) is 0 Å². The number of hydrogen-bond donors (Lipinski definition) is 2. The van der Waals surface area contributed by atoms with Crippen molar-refractivity contribution in [3.63, 3.8) is 0 Å². The molecule has 1 aliphatic rings. The van der Waals surface area contributed by atoms with Crippen LogP contribution in [0.1, 0.15) is 12.8 Å². The van der Waals surface area contributed by atoms with E-state index in [2.05, 4.69) is 15.6 Å². The van der Waals surface area contributed by atoms with Crippen molar-refractivity contribution in [1.29, 1.82) is 0 Å². The molecule has 1 atom stereocenters. The zero-order valence-electron chi connectivity index (χ0n) is 8.99. The van der Waals surface area contributed by atoms with E-state index in [4.69, 9.17) is 4.74 Å². The number of nitrogens with zero attached hydrogens (tertiary/aromatic N) is 1. The standard InChI is InChI=1S/C11H17N3O/c1-15-11-5-4-10(8-14-11)13-7-9-3-2-6-12-9/h4-5,8-9,12-13H,2-3,6-7H2,1H3. The van der Waals surface area contributed by atoms with Gasteiger partial charge in [0, 0.05) is 18.7 Å². The van der Waals surface area contributed by atoms with Gasteiger partial charge in [-0.05, 0) is 25.5 Å². The normalized spacial score (nSPS) is 20.2. The van der Waals surface area contributed by atoms with Gasteiger partial charge in [-0.2, -0.15) is 0 Å². The molecule has 2 N–H and O–H groups in total. The molecule has 0 bridgehead atoms. The Morgan fingerprint density at radius 1 is 1.60 bits per heavy atom. The molecule has 4 nitrogen and oxygen atoms in total. The Morgan fingerprint density at radius 2 is 2.53 bits per heavy atom. The van der Waals surface area contributed by atoms with E-state index in [0.29, 0.717) is 11.9 Å². The summed E-state index contributed by atoms with van der Waals surface area (Å²) in [5, 5.41) is 6.80. The van der Waals surface area contributed by atoms with Gasteiger partial charge in [0.1, 0.15) is 0 Å². The predicted octanol–water partition coefficient (Wildman–Crippen LogP) is 1.25. The lowest BCUT2D eigenvalue weighted by Crippen LogP contribution is -2.29. The molecule has 1 unspecified atom stereocenters. The fraction of sp³-hybridized carbons (Fsp3) is 0.545. The van der Waals surface area contributed by atoms with Crippen LogP contribution < -0.4 is 15.4 Å². The summed E-state index contributed by atoms with van der Waals surface area (Å²) in [7, 11) is 1.62. The fourth-order valence-corrected chi connectivity index (χ4v) is 1.78. The molecular formula is C11H17N3O. The van der Waals surface area contributed by atoms with E-state index < -0.39 is 0 Å². The van der Waals surface area contributed by atoms with Crippen LogP contribution in [0.2, 0.25) is 0 Å². The van der Waals surface area contributed by atoms with Gasteiger partial charge in [0.25, 0.3) is 0 Å². The smallest absolute Gasteiger partial charge is 0.213 e. The molecule has 1 saturated heterocycles. The number of methoxy groups -OCH3 is 1. The largest absolute Gasteiger partial charge is 0.481 e. The van der Waals surface area contributed by atoms with Crippen molar-refractivity contribution in [3.8, 4) is 5.88 Å². The lowest BCUT2D eigenvalue weighted by atomic mass is 10.2. The molecule has 0 aromatic carbocycles. The quantitative estimate of drug-likeness (QED) is 0.780. The van der Waals surface area contributed by atoms with Crippen LogP contribution in [0.15, 0.2) is 18.3 Å². The first-order valence-electron chi connectivity index (χ1n) is 5.36. The Bertz CT molecular complexity index is 293. The van der Waals surface area contributed by atoms with E-state index in [-0.39, 0.29) is 0 Å². The molecule has 1 aromatic heterocycles. The van der Waals surface area contributed by atoms with Crippen LogP contribution in [0.5, 0.6) is 5.88 Å². The van der Waals surface area contributed by atoms with Crippen molar-refractivity contribution in [2.75, 3.05) is 25.5 Å². The van der Waals surface area contributed by atoms with Crippen LogP contribution >= 0.6 is 0 Å². The van der Waals surface area contributed by atoms with Gasteiger partial charge < -0.3 is 15.4 Å². The molecule has 0 amide bonds. The number of anilines is 1. The highest BCUT2D eigenvalue weighted by Crippen LogP contribution is 2.12. The Kier molecular flexibility index (Phi) is 3.40. The number of rotatable bonds is 4. The monoisotopic (exact) mass is 207 g/mol. The highest BCUT2D eigenvalue weighted by molar-refractivity contribution is 5.42. The second-order valence-corrected chi connectivity index (χ2v) is 3.76. The summed E-state index contributed by atoms with van der Waals surface area (Å²) in [6.07, 6.45) is 4.34. The maximum Gasteiger partial charge on any atom is 0.213 e. The van der Waals surface area contributed by atoms with Crippen LogP contribution in [0.25, 0.3) is 0 Å². The van der Waals surface area contributed by atoms with Gasteiger partial charge in [-0.25, -0.2) is 4.98 Å². The first-order valence-corrected chi connectivity index (χ1v) is 5.36. The van der Waals surface area contributed by atoms with Gasteiger partial charge >= 0.3 is 0 Å². The fourth-order valence-electron chi connectivity index (χ4n) is 1.78. The minimum absolute atomic E-state index is 0.604. The number of nitrogens with one attached hydrogen (secondary N) is 2. The summed E-state index contributed by atoms with van der Waals surface area (Å²) in [6, 6.07) is 4.46. The molecule has 2 heterocycles. The molecule has 2 rings (SSSR count). The van der Waals surface area contributed by atoms with Gasteiger partial charge in [0.05, 0.1) is 19.0 Å². The molecule has 1 aromatic rings. The average Bonchev–Trinajstić information content (AvgIpc) is 2.80. The molecule has 1 aliphatic heterocycles. The summed E-state index contributed by atoms with van der Waals surface area (Å²) in [5.74, 6) is 0.652. The highest BCUT2D eigenvalue weighted by atomic mass is 16.5. The third-order valence-electron chi connectivity index (χ3n) is 2.66. The minimum Gasteiger partial charge on any atom is -0.481 e. The molecule has 1 fully saturated rings. The van der Waals surface area contributed by atoms with Crippen molar-refractivity contribution < 1.29 is 4.74 Å². The van der Waals surface area contributed by atoms with Crippen molar-refractivity contribution >= 4 is 5.69 Å². The van der Waals surface area contributed by atoms with Crippen molar-refractivity contribution in [2.45, 2.75) is 18.9 Å². The molecular weight excluding hydrogens is 190 g/mol. The van der Waals surface area contributed by atoms with Crippen LogP contribution in [-0.4, -0.2) is 31.2 Å². The second-order valence-electron chi connectivity index (χ2n) is 3.76. The van der Waals surface area contributed by atoms with Crippen molar-refractivity contribution in [3.05, 3.63) is 18.3 Å². The summed E-state index contributed by atoms with van der Waals surface area (Å²) < 4.78 is 5.00. The highest BCUT2D eigenvalue weighted by Gasteiger charge is 2.12. The zero-order valence-corrected chi connectivity index (χ0v) is 8.99. The van der Waals surface area contributed by atoms with Crippen LogP contribution in [0.4, 0.5) is 5.69 Å². The molecule has 0 radical (unpaired) electrons. The van der Waals surface area contributed by atoms with E-state index in [1.165, 1.54) is 12.8 Å². The summed E-state index contributed by atoms with van der Waals surface area (Å²) >= 11 is 0. The third kappa shape index (κ3) is 2.83. The van der Waals surface area contributed by atoms with Crippen LogP contribution in [-0.2, 0) is 0 Å². The van der Waals surface area contributed by atoms with Crippen molar-refractivity contribution in [1.82, 2.24) is 10.3 Å². The van der Waals surface area contributed by atoms with Gasteiger partial charge in [0.15, 0.2) is 0 Å². The second kappa shape index (κ2) is 4.98. The first kappa shape index (κ1) is 10.2.